The Kier molecular flexibility index (Phi) is 4.83. The minimum absolute atomic E-state index is 0.219. The second-order valence-corrected chi connectivity index (χ2v) is 7.24. The van der Waals surface area contributed by atoms with E-state index in [1.54, 1.807) is 26.0 Å². The van der Waals surface area contributed by atoms with Gasteiger partial charge >= 0.3 is 5.97 Å². The maximum absolute atomic E-state index is 13.2. The monoisotopic (exact) mass is 394 g/mol. The first-order chi connectivity index (χ1) is 13.6. The van der Waals surface area contributed by atoms with Crippen LogP contribution in [0.15, 0.2) is 74.2 Å². The Balaban J connectivity index is 1.95. The van der Waals surface area contributed by atoms with Gasteiger partial charge in [0.15, 0.2) is 4.80 Å². The topological polar surface area (TPSA) is 73.8 Å². The van der Waals surface area contributed by atoms with Crippen LogP contribution in [0.2, 0.25) is 0 Å². The molecule has 0 spiro atoms. The van der Waals surface area contributed by atoms with Gasteiger partial charge in [-0.3, -0.25) is 9.36 Å². The summed E-state index contributed by atoms with van der Waals surface area (Å²) in [5.41, 5.74) is 1.54. The summed E-state index contributed by atoms with van der Waals surface area (Å²) >= 11 is 1.29. The van der Waals surface area contributed by atoms with E-state index in [4.69, 9.17) is 9.15 Å². The summed E-state index contributed by atoms with van der Waals surface area (Å²) in [5, 5.41) is 0. The lowest BCUT2D eigenvalue weighted by atomic mass is 10.0. The summed E-state index contributed by atoms with van der Waals surface area (Å²) in [7, 11) is 0. The Hall–Kier alpha value is -3.19. The van der Waals surface area contributed by atoms with Crippen molar-refractivity contribution in [3.8, 4) is 0 Å². The molecule has 0 bridgehead atoms. The highest BCUT2D eigenvalue weighted by Gasteiger charge is 2.34. The van der Waals surface area contributed by atoms with Gasteiger partial charge in [0.25, 0.3) is 5.56 Å². The maximum atomic E-state index is 13.2. The minimum atomic E-state index is -0.705. The molecular formula is C21H18N2O4S. The Morgan fingerprint density at radius 3 is 2.75 bits per heavy atom. The van der Waals surface area contributed by atoms with Crippen LogP contribution in [0, 0.1) is 0 Å². The van der Waals surface area contributed by atoms with Gasteiger partial charge in [-0.2, -0.15) is 0 Å². The van der Waals surface area contributed by atoms with Gasteiger partial charge in [0.1, 0.15) is 11.8 Å². The van der Waals surface area contributed by atoms with Gasteiger partial charge in [-0.25, -0.2) is 9.79 Å². The van der Waals surface area contributed by atoms with Crippen LogP contribution in [0.1, 0.15) is 31.2 Å². The third-order valence-corrected chi connectivity index (χ3v) is 5.41. The smallest absolute Gasteiger partial charge is 0.338 e. The zero-order chi connectivity index (χ0) is 19.7. The molecule has 1 atom stereocenters. The molecule has 4 rings (SSSR count). The molecule has 1 aliphatic heterocycles. The van der Waals surface area contributed by atoms with Crippen molar-refractivity contribution in [2.24, 2.45) is 4.99 Å². The molecule has 6 nitrogen and oxygen atoms in total. The molecule has 3 aromatic rings. The van der Waals surface area contributed by atoms with E-state index in [9.17, 15) is 9.59 Å². The quantitative estimate of drug-likeness (QED) is 0.637. The van der Waals surface area contributed by atoms with Crippen LogP contribution in [0.4, 0.5) is 0 Å². The average molecular weight is 394 g/mol. The summed E-state index contributed by atoms with van der Waals surface area (Å²) in [6, 6.07) is 12.4. The van der Waals surface area contributed by atoms with E-state index in [0.717, 1.165) is 5.56 Å². The van der Waals surface area contributed by atoms with Crippen molar-refractivity contribution in [3.05, 3.63) is 91.0 Å². The standard InChI is InChI=1S/C21H18N2O4S/c1-3-26-20(25)17-13(2)22-21-23(18(17)15-10-7-11-27-15)19(24)16(28-21)12-14-8-5-4-6-9-14/h4-12,18H,3H2,1-2H3. The Labute approximate surface area is 164 Å². The lowest BCUT2D eigenvalue weighted by Gasteiger charge is -2.22. The number of rotatable bonds is 4. The zero-order valence-corrected chi connectivity index (χ0v) is 16.2. The molecule has 0 radical (unpaired) electrons. The molecule has 0 saturated carbocycles. The van der Waals surface area contributed by atoms with Crippen LogP contribution < -0.4 is 14.9 Å². The van der Waals surface area contributed by atoms with Crippen LogP contribution in [0.25, 0.3) is 6.08 Å². The maximum Gasteiger partial charge on any atom is 0.338 e. The number of nitrogens with zero attached hydrogens (tertiary/aromatic N) is 2. The first kappa shape index (κ1) is 18.2. The van der Waals surface area contributed by atoms with Gasteiger partial charge in [0.2, 0.25) is 0 Å². The fourth-order valence-electron chi connectivity index (χ4n) is 3.21. The van der Waals surface area contributed by atoms with Gasteiger partial charge in [-0.1, -0.05) is 41.7 Å². The molecule has 2 aromatic heterocycles. The van der Waals surface area contributed by atoms with Crippen molar-refractivity contribution in [3.63, 3.8) is 0 Å². The number of carbonyl (C=O) groups is 1. The summed E-state index contributed by atoms with van der Waals surface area (Å²) in [6.07, 6.45) is 3.35. The number of fused-ring (bicyclic) bond motifs is 1. The summed E-state index contributed by atoms with van der Waals surface area (Å²) in [4.78, 5) is 30.9. The minimum Gasteiger partial charge on any atom is -0.467 e. The molecule has 1 unspecified atom stereocenters. The molecule has 0 fully saturated rings. The Bertz CT molecular complexity index is 1220. The number of thiazole rings is 1. The van der Waals surface area contributed by atoms with Crippen LogP contribution in [-0.2, 0) is 9.53 Å². The molecule has 28 heavy (non-hydrogen) atoms. The molecule has 0 N–H and O–H groups in total. The third-order valence-electron chi connectivity index (χ3n) is 4.43. The van der Waals surface area contributed by atoms with E-state index < -0.39 is 12.0 Å². The number of furan rings is 1. The number of hydrogen-bond donors (Lipinski definition) is 0. The lowest BCUT2D eigenvalue weighted by molar-refractivity contribution is -0.139. The number of benzene rings is 1. The van der Waals surface area contributed by atoms with Crippen LogP contribution in [0.3, 0.4) is 0 Å². The van der Waals surface area contributed by atoms with Crippen LogP contribution in [-0.4, -0.2) is 17.1 Å². The Morgan fingerprint density at radius 2 is 2.07 bits per heavy atom. The third kappa shape index (κ3) is 3.14. The highest BCUT2D eigenvalue weighted by atomic mass is 32.1. The van der Waals surface area contributed by atoms with E-state index in [-0.39, 0.29) is 12.2 Å². The van der Waals surface area contributed by atoms with Gasteiger partial charge in [-0.15, -0.1) is 0 Å². The van der Waals surface area contributed by atoms with Gasteiger partial charge in [0, 0.05) is 0 Å². The molecule has 0 amide bonds. The fourth-order valence-corrected chi connectivity index (χ4v) is 4.25. The number of hydrogen-bond acceptors (Lipinski definition) is 6. The molecular weight excluding hydrogens is 376 g/mol. The van der Waals surface area contributed by atoms with Crippen molar-refractivity contribution in [2.75, 3.05) is 6.61 Å². The van der Waals surface area contributed by atoms with Crippen molar-refractivity contribution in [1.29, 1.82) is 0 Å². The second kappa shape index (κ2) is 7.44. The summed E-state index contributed by atoms with van der Waals surface area (Å²) in [6.45, 7) is 3.72. The predicted octanol–water partition coefficient (Wildman–Crippen LogP) is 2.39. The van der Waals surface area contributed by atoms with E-state index in [1.807, 2.05) is 36.4 Å². The molecule has 142 valence electrons. The van der Waals surface area contributed by atoms with E-state index >= 15 is 0 Å². The Morgan fingerprint density at radius 1 is 1.29 bits per heavy atom. The first-order valence-electron chi connectivity index (χ1n) is 8.88. The number of allylic oxidation sites excluding steroid dienone is 1. The SMILES string of the molecule is CCOC(=O)C1=C(C)N=c2sc(=Cc3ccccc3)c(=O)n2C1c1ccco1. The van der Waals surface area contributed by atoms with Crippen molar-refractivity contribution in [2.45, 2.75) is 19.9 Å². The number of carbonyl (C=O) groups excluding carboxylic acids is 1. The highest BCUT2D eigenvalue weighted by Crippen LogP contribution is 2.30. The van der Waals surface area contributed by atoms with Gasteiger partial charge in [0.05, 0.1) is 28.7 Å². The number of ether oxygens (including phenoxy) is 1. The van der Waals surface area contributed by atoms with Crippen LogP contribution >= 0.6 is 11.3 Å². The highest BCUT2D eigenvalue weighted by molar-refractivity contribution is 7.07. The normalized spacial score (nSPS) is 16.6. The zero-order valence-electron chi connectivity index (χ0n) is 15.4. The van der Waals surface area contributed by atoms with Gasteiger partial charge in [-0.05, 0) is 37.6 Å². The summed E-state index contributed by atoms with van der Waals surface area (Å²) in [5.74, 6) is -0.00722. The van der Waals surface area contributed by atoms with Crippen molar-refractivity contribution >= 4 is 23.4 Å². The molecule has 1 aliphatic rings. The number of aromatic nitrogens is 1. The van der Waals surface area contributed by atoms with Crippen molar-refractivity contribution < 1.29 is 13.9 Å². The molecule has 7 heteroatoms. The molecule has 1 aromatic carbocycles. The molecule has 3 heterocycles. The average Bonchev–Trinajstić information content (AvgIpc) is 3.31. The second-order valence-electron chi connectivity index (χ2n) is 6.23. The van der Waals surface area contributed by atoms with Gasteiger partial charge < -0.3 is 9.15 Å². The summed E-state index contributed by atoms with van der Waals surface area (Å²) < 4.78 is 12.8. The lowest BCUT2D eigenvalue weighted by Crippen LogP contribution is -2.39. The van der Waals surface area contributed by atoms with E-state index in [1.165, 1.54) is 22.2 Å². The fraction of sp³-hybridized carbons (Fsp3) is 0.190. The van der Waals surface area contributed by atoms with Crippen LogP contribution in [0.5, 0.6) is 0 Å². The molecule has 0 aliphatic carbocycles. The van der Waals surface area contributed by atoms with Crippen molar-refractivity contribution in [1.82, 2.24) is 4.57 Å². The predicted molar refractivity (Wildman–Crippen MR) is 106 cm³/mol. The van der Waals surface area contributed by atoms with E-state index in [2.05, 4.69) is 4.99 Å². The first-order valence-corrected chi connectivity index (χ1v) is 9.70. The largest absolute Gasteiger partial charge is 0.467 e. The number of esters is 1. The molecule has 0 saturated heterocycles. The van der Waals surface area contributed by atoms with E-state index in [0.29, 0.717) is 26.4 Å².